The summed E-state index contributed by atoms with van der Waals surface area (Å²) in [6.07, 6.45) is 2.94. The maximum atomic E-state index is 7.11. The number of aromatic nitrogens is 2. The van der Waals surface area contributed by atoms with Crippen LogP contribution in [0.4, 0.5) is 22.7 Å². The number of fused-ring (bicyclic) bond motifs is 29. The zero-order chi connectivity index (χ0) is 74.6. The predicted molar refractivity (Wildman–Crippen MR) is 476 cm³/mol. The molecule has 1 unspecified atom stereocenters. The van der Waals surface area contributed by atoms with Crippen LogP contribution in [0.2, 0.25) is 0 Å². The van der Waals surface area contributed by atoms with E-state index in [1.165, 1.54) is 190 Å². The Morgan fingerprint density at radius 2 is 1.03 bits per heavy atom. The Bertz CT molecular complexity index is 7920. The third-order valence-electron chi connectivity index (χ3n) is 27.1. The molecule has 3 aromatic heterocycles. The van der Waals surface area contributed by atoms with Crippen LogP contribution in [0.1, 0.15) is 55.9 Å². The van der Waals surface area contributed by atoms with Crippen LogP contribution in [0.5, 0.6) is 23.0 Å². The largest absolute Gasteiger partial charge is 0.454 e. The zero-order valence-corrected chi connectivity index (χ0v) is 64.5. The van der Waals surface area contributed by atoms with Gasteiger partial charge in [0, 0.05) is 97.2 Å². The molecule has 7 nitrogen and oxygen atoms in total. The Hall–Kier alpha value is -12.8. The summed E-state index contributed by atoms with van der Waals surface area (Å²) < 4.78 is 26.4. The summed E-state index contributed by atoms with van der Waals surface area (Å²) in [6.45, 7) is 9.59. The Kier molecular flexibility index (Phi) is 12.2. The summed E-state index contributed by atoms with van der Waals surface area (Å²) in [5.74, 6) is 2.74. The first kappa shape index (κ1) is 62.8. The lowest BCUT2D eigenvalue weighted by molar-refractivity contribution is 0.310. The van der Waals surface area contributed by atoms with Gasteiger partial charge in [-0.25, -0.2) is 0 Å². The molecule has 1 atom stereocenters. The van der Waals surface area contributed by atoms with E-state index in [1.54, 1.807) is 0 Å². The number of nitrogens with zero attached hydrogens (tertiary/aromatic N) is 4. The van der Waals surface area contributed by atoms with Gasteiger partial charge in [0.05, 0.1) is 33.4 Å². The highest BCUT2D eigenvalue weighted by Gasteiger charge is 2.50. The fourth-order valence-electron chi connectivity index (χ4n) is 22.0. The van der Waals surface area contributed by atoms with Crippen molar-refractivity contribution in [1.82, 2.24) is 9.13 Å². The zero-order valence-electron chi connectivity index (χ0n) is 62.8. The summed E-state index contributed by atoms with van der Waals surface area (Å²) in [7, 11) is 0. The van der Waals surface area contributed by atoms with E-state index >= 15 is 0 Å². The molecule has 0 fully saturated rings. The van der Waals surface area contributed by atoms with Gasteiger partial charge in [-0.15, -0.1) is 0 Å². The molecule has 0 bridgehead atoms. The molecule has 0 radical (unpaired) electrons. The number of hydrogen-bond donors (Lipinski definition) is 0. The Labute approximate surface area is 665 Å². The molecular weight excluding hydrogens is 1430 g/mol. The highest BCUT2D eigenvalue weighted by atomic mass is 32.2. The highest BCUT2D eigenvalue weighted by molar-refractivity contribution is 8.05. The number of benzene rings is 17. The monoisotopic (exact) mass is 1490 g/mol. The van der Waals surface area contributed by atoms with Crippen LogP contribution in [-0.4, -0.2) is 22.8 Å². The van der Waals surface area contributed by atoms with Crippen LogP contribution in [0.15, 0.2) is 315 Å². The van der Waals surface area contributed by atoms with Gasteiger partial charge in [0.1, 0.15) is 5.58 Å². The molecule has 114 heavy (non-hydrogen) atoms. The van der Waals surface area contributed by atoms with Crippen LogP contribution >= 0.6 is 23.5 Å². The van der Waals surface area contributed by atoms with Crippen LogP contribution in [0.3, 0.4) is 0 Å². The van der Waals surface area contributed by atoms with Crippen molar-refractivity contribution in [2.24, 2.45) is 0 Å². The molecule has 0 spiro atoms. The second-order valence-corrected chi connectivity index (χ2v) is 35.9. The summed E-state index contributed by atoms with van der Waals surface area (Å²) in [6, 6.07) is 110. The van der Waals surface area contributed by atoms with Gasteiger partial charge < -0.3 is 32.6 Å². The van der Waals surface area contributed by atoms with Gasteiger partial charge >= 0.3 is 13.7 Å². The second kappa shape index (κ2) is 22.1. The van der Waals surface area contributed by atoms with Crippen LogP contribution in [0.25, 0.3) is 142 Å². The topological polar surface area (TPSA) is 47.9 Å². The molecule has 17 aromatic carbocycles. The number of anilines is 4. The van der Waals surface area contributed by atoms with E-state index in [1.807, 2.05) is 47.8 Å². The fraction of sp³-hybridized carbons (Fsp3) is 0.0874. The number of rotatable bonds is 4. The molecule has 0 amide bonds. The van der Waals surface area contributed by atoms with E-state index in [2.05, 4.69) is 313 Å². The number of aryl methyl sites for hydroxylation is 1. The Morgan fingerprint density at radius 1 is 0.377 bits per heavy atom. The number of furan rings is 1. The van der Waals surface area contributed by atoms with E-state index in [4.69, 9.17) is 13.9 Å². The predicted octanol–water partition coefficient (Wildman–Crippen LogP) is 25.3. The van der Waals surface area contributed by atoms with Crippen molar-refractivity contribution in [2.45, 2.75) is 77.4 Å². The van der Waals surface area contributed by atoms with Gasteiger partial charge in [0.25, 0.3) is 0 Å². The van der Waals surface area contributed by atoms with E-state index in [-0.39, 0.29) is 24.5 Å². The number of para-hydroxylation sites is 6. The third-order valence-corrected chi connectivity index (χ3v) is 29.6. The molecule has 11 heteroatoms. The van der Waals surface area contributed by atoms with Crippen molar-refractivity contribution in [2.75, 3.05) is 9.62 Å². The van der Waals surface area contributed by atoms with Gasteiger partial charge in [-0.2, -0.15) is 0 Å². The van der Waals surface area contributed by atoms with Gasteiger partial charge in [0.2, 0.25) is 0 Å². The lowest BCUT2D eigenvalue weighted by Crippen LogP contribution is -2.61. The fourth-order valence-corrected chi connectivity index (χ4v) is 24.3. The minimum Gasteiger partial charge on any atom is -0.454 e. The quantitative estimate of drug-likeness (QED) is 0.163. The van der Waals surface area contributed by atoms with Crippen LogP contribution in [0, 0.1) is 6.92 Å². The van der Waals surface area contributed by atoms with E-state index in [0.717, 1.165) is 58.1 Å². The van der Waals surface area contributed by atoms with Crippen LogP contribution < -0.4 is 40.9 Å². The van der Waals surface area contributed by atoms with E-state index in [9.17, 15) is 0 Å². The average Bonchev–Trinajstić information content (AvgIpc) is 1.42. The molecule has 6 aliphatic heterocycles. The first-order valence-electron chi connectivity index (χ1n) is 40.0. The summed E-state index contributed by atoms with van der Waals surface area (Å²) in [5.41, 5.74) is 28.8. The molecule has 7 aliphatic rings. The minimum atomic E-state index is -0.295. The highest BCUT2D eigenvalue weighted by Crippen LogP contribution is 2.60. The number of ether oxygens (including phenoxy) is 2. The second-order valence-electron chi connectivity index (χ2n) is 33.7. The molecule has 9 heterocycles. The molecular formula is C103H66B2N4O3S2. The van der Waals surface area contributed by atoms with Crippen molar-refractivity contribution in [3.05, 3.63) is 313 Å². The van der Waals surface area contributed by atoms with Gasteiger partial charge in [-0.1, -0.05) is 238 Å². The minimum absolute atomic E-state index is 0.135. The average molecular weight is 1490 g/mol. The van der Waals surface area contributed by atoms with Crippen LogP contribution in [-0.2, 0) is 17.3 Å². The maximum Gasteiger partial charge on any atom is 0.333 e. The Balaban J connectivity index is 0.667. The first-order valence-corrected chi connectivity index (χ1v) is 41.6. The van der Waals surface area contributed by atoms with Crippen molar-refractivity contribution < 1.29 is 13.9 Å². The lowest BCUT2D eigenvalue weighted by Gasteiger charge is -2.47. The summed E-state index contributed by atoms with van der Waals surface area (Å²) in [4.78, 5) is 10.6. The van der Waals surface area contributed by atoms with Gasteiger partial charge in [0.15, 0.2) is 28.6 Å². The SMILES string of the molecule is Cc1cc2c(cc1N1B3c4c(cc5ccccc5c4-n4c5cc6ccccc6cc5c5cccc3c54)-c3cc4c(cc31)Sc1ccccc1S4)C(C)(C)CCC2(C)Cc1ccc2c3c4c(cc2c1)-n1c2ccc5ccccc5c2c2cccc(c21)B4N(c1cccc2c1oc1ccccc12)c1cc2c(cc1-3)Oc1ccccc1O2. The van der Waals surface area contributed by atoms with Crippen molar-refractivity contribution in [1.29, 1.82) is 0 Å². The van der Waals surface area contributed by atoms with E-state index < -0.39 is 0 Å². The molecule has 27 rings (SSSR count). The maximum absolute atomic E-state index is 7.11. The van der Waals surface area contributed by atoms with Crippen molar-refractivity contribution >= 4 is 190 Å². The summed E-state index contributed by atoms with van der Waals surface area (Å²) in [5, 5.41) is 17.1. The standard InChI is InChI=1S/C103H66B2N4O3S2/c1-56-44-75-74(52-80(56)109-83-54-93-92(113-90-36-15-16-37-91(90)114-93)51-71(83)72-47-61-23-8-10-25-65(61)100-96(72)104(109)76-30-17-27-67-70-46-59-21-5-6-22-60(59)48-81(70)107(100)98(67)76)102(2,3)42-43-103(75,4)55-57-38-40-64-62(45-57)49-84-97-95(64)73-50-88-89(111-87-35-14-13-34-86(87)110-88)53-82(73)108(79-32-19-28-68-66-26-11-12-33-85(66)112-101(68)79)105(97)77-31-18-29-69-94-63-24-9-7-20-58(63)39-41-78(94)106(84)99(69)77/h5-41,44-54H,42-43,55H2,1-4H3. The van der Waals surface area contributed by atoms with Gasteiger partial charge in [-0.3, -0.25) is 0 Å². The molecule has 0 N–H and O–H groups in total. The molecule has 20 aromatic rings. The Morgan fingerprint density at radius 3 is 1.84 bits per heavy atom. The first-order chi connectivity index (χ1) is 56.0. The third kappa shape index (κ3) is 8.22. The lowest BCUT2D eigenvalue weighted by atomic mass is 9.43. The normalized spacial score (nSPS) is 16.1. The molecule has 0 saturated heterocycles. The molecule has 1 aliphatic carbocycles. The molecule has 0 saturated carbocycles. The van der Waals surface area contributed by atoms with Crippen molar-refractivity contribution in [3.63, 3.8) is 0 Å². The molecule has 534 valence electrons. The van der Waals surface area contributed by atoms with E-state index in [0.29, 0.717) is 23.0 Å². The summed E-state index contributed by atoms with van der Waals surface area (Å²) >= 11 is 3.83. The number of hydrogen-bond acceptors (Lipinski definition) is 7. The van der Waals surface area contributed by atoms with Crippen molar-refractivity contribution in [3.8, 4) is 56.6 Å². The smallest absolute Gasteiger partial charge is 0.333 e. The van der Waals surface area contributed by atoms with Gasteiger partial charge in [-0.05, 0) is 221 Å².